The highest BCUT2D eigenvalue weighted by atomic mass is 19.4. The van der Waals surface area contributed by atoms with E-state index in [-0.39, 0.29) is 18.9 Å². The molecule has 130 valence electrons. The van der Waals surface area contributed by atoms with Gasteiger partial charge in [-0.25, -0.2) is 0 Å². The maximum atomic E-state index is 12.5. The molecule has 2 aromatic rings. The molecule has 1 atom stereocenters. The van der Waals surface area contributed by atoms with E-state index in [4.69, 9.17) is 0 Å². The van der Waals surface area contributed by atoms with Crippen LogP contribution in [-0.2, 0) is 24.4 Å². The highest BCUT2D eigenvalue weighted by Crippen LogP contribution is 2.29. The number of carbonyl (C=O) groups excluding carboxylic acids is 1. The summed E-state index contributed by atoms with van der Waals surface area (Å²) < 4.78 is 39.2. The lowest BCUT2D eigenvalue weighted by molar-refractivity contribution is -0.137. The summed E-state index contributed by atoms with van der Waals surface area (Å²) in [6.07, 6.45) is -2.89. The van der Waals surface area contributed by atoms with Gasteiger partial charge in [-0.2, -0.15) is 13.2 Å². The van der Waals surface area contributed by atoms with Crippen LogP contribution in [0.1, 0.15) is 29.3 Å². The van der Waals surface area contributed by atoms with Crippen LogP contribution in [0.3, 0.4) is 0 Å². The lowest BCUT2D eigenvalue weighted by Crippen LogP contribution is -2.29. The van der Waals surface area contributed by atoms with Crippen molar-refractivity contribution in [1.29, 1.82) is 0 Å². The average Bonchev–Trinajstić information content (AvgIpc) is 2.96. The number of alkyl halides is 3. The lowest BCUT2D eigenvalue weighted by Gasteiger charge is -2.13. The van der Waals surface area contributed by atoms with Crippen LogP contribution in [0.4, 0.5) is 13.2 Å². The maximum Gasteiger partial charge on any atom is 0.416 e. The van der Waals surface area contributed by atoms with Gasteiger partial charge in [0.05, 0.1) is 5.56 Å². The van der Waals surface area contributed by atoms with Crippen molar-refractivity contribution in [1.82, 2.24) is 9.88 Å². The van der Waals surface area contributed by atoms with Crippen molar-refractivity contribution >= 4 is 5.91 Å². The highest BCUT2D eigenvalue weighted by Gasteiger charge is 2.29. The Morgan fingerprint density at radius 2 is 1.92 bits per heavy atom. The fourth-order valence-electron chi connectivity index (χ4n) is 2.34. The standard InChI is InChI=1S/C17H19F3N2O2/c1-22-10-2-3-14(22)15(23)11-21-16(24)9-6-12-4-7-13(8-5-12)17(18,19)20/h2-5,7-8,10,15,23H,6,9,11H2,1H3,(H,21,24)/t15-/m0/s1. The Bertz CT molecular complexity index is 678. The third kappa shape index (κ3) is 4.86. The molecule has 4 nitrogen and oxygen atoms in total. The summed E-state index contributed by atoms with van der Waals surface area (Å²) >= 11 is 0. The fourth-order valence-corrected chi connectivity index (χ4v) is 2.34. The number of hydrogen-bond acceptors (Lipinski definition) is 2. The molecule has 0 unspecified atom stereocenters. The first kappa shape index (κ1) is 18.1. The predicted molar refractivity (Wildman–Crippen MR) is 83.1 cm³/mol. The van der Waals surface area contributed by atoms with Gasteiger partial charge in [-0.15, -0.1) is 0 Å². The van der Waals surface area contributed by atoms with Crippen LogP contribution >= 0.6 is 0 Å². The summed E-state index contributed by atoms with van der Waals surface area (Å²) in [5.41, 5.74) is 0.639. The second-order valence-corrected chi connectivity index (χ2v) is 5.56. The lowest BCUT2D eigenvalue weighted by atomic mass is 10.1. The third-order valence-electron chi connectivity index (χ3n) is 3.74. The zero-order chi connectivity index (χ0) is 17.7. The van der Waals surface area contributed by atoms with E-state index >= 15 is 0 Å². The number of hydrogen-bond donors (Lipinski definition) is 2. The molecular weight excluding hydrogens is 321 g/mol. The van der Waals surface area contributed by atoms with Gasteiger partial charge in [0, 0.05) is 31.9 Å². The Kier molecular flexibility index (Phi) is 5.66. The van der Waals surface area contributed by atoms with Crippen LogP contribution in [0, 0.1) is 0 Å². The third-order valence-corrected chi connectivity index (χ3v) is 3.74. The Morgan fingerprint density at radius 1 is 1.25 bits per heavy atom. The molecule has 0 aliphatic heterocycles. The van der Waals surface area contributed by atoms with Crippen LogP contribution in [0.25, 0.3) is 0 Å². The zero-order valence-electron chi connectivity index (χ0n) is 13.2. The van der Waals surface area contributed by atoms with Gasteiger partial charge in [-0.3, -0.25) is 4.79 Å². The predicted octanol–water partition coefficient (Wildman–Crippen LogP) is 2.83. The van der Waals surface area contributed by atoms with E-state index in [9.17, 15) is 23.1 Å². The van der Waals surface area contributed by atoms with Crippen LogP contribution in [0.2, 0.25) is 0 Å². The Morgan fingerprint density at radius 3 is 2.46 bits per heavy atom. The average molecular weight is 340 g/mol. The summed E-state index contributed by atoms with van der Waals surface area (Å²) in [5, 5.41) is 12.6. The summed E-state index contributed by atoms with van der Waals surface area (Å²) in [6, 6.07) is 8.31. The molecule has 7 heteroatoms. The number of amides is 1. The van der Waals surface area contributed by atoms with Crippen molar-refractivity contribution in [3.63, 3.8) is 0 Å². The molecule has 1 amide bonds. The number of rotatable bonds is 6. The van der Waals surface area contributed by atoms with Gasteiger partial charge in [-0.1, -0.05) is 12.1 Å². The fraction of sp³-hybridized carbons (Fsp3) is 0.353. The van der Waals surface area contributed by atoms with Crippen molar-refractivity contribution < 1.29 is 23.1 Å². The van der Waals surface area contributed by atoms with E-state index in [0.717, 1.165) is 12.1 Å². The van der Waals surface area contributed by atoms with Gasteiger partial charge in [0.15, 0.2) is 0 Å². The first-order valence-corrected chi connectivity index (χ1v) is 7.49. The number of aliphatic hydroxyl groups is 1. The molecule has 1 aromatic carbocycles. The smallest absolute Gasteiger partial charge is 0.385 e. The number of aliphatic hydroxyl groups excluding tert-OH is 1. The molecule has 0 bridgehead atoms. The molecule has 0 radical (unpaired) electrons. The number of carbonyl (C=O) groups is 1. The van der Waals surface area contributed by atoms with E-state index < -0.39 is 17.8 Å². The van der Waals surface area contributed by atoms with Gasteiger partial charge in [0.25, 0.3) is 0 Å². The molecule has 24 heavy (non-hydrogen) atoms. The van der Waals surface area contributed by atoms with Gasteiger partial charge < -0.3 is 15.0 Å². The molecule has 0 spiro atoms. The molecular formula is C17H19F3N2O2. The van der Waals surface area contributed by atoms with Crippen LogP contribution in [0.15, 0.2) is 42.6 Å². The summed E-state index contributed by atoms with van der Waals surface area (Å²) in [7, 11) is 1.80. The number of nitrogens with zero attached hydrogens (tertiary/aromatic N) is 1. The van der Waals surface area contributed by atoms with E-state index in [0.29, 0.717) is 17.7 Å². The molecule has 0 aliphatic carbocycles. The molecule has 2 N–H and O–H groups in total. The molecule has 0 fully saturated rings. The second kappa shape index (κ2) is 7.53. The Balaban J connectivity index is 1.78. The molecule has 0 saturated carbocycles. The Hall–Kier alpha value is -2.28. The van der Waals surface area contributed by atoms with Gasteiger partial charge in [0.2, 0.25) is 5.91 Å². The van der Waals surface area contributed by atoms with Crippen LogP contribution < -0.4 is 5.32 Å². The van der Waals surface area contributed by atoms with Crippen LogP contribution in [0.5, 0.6) is 0 Å². The van der Waals surface area contributed by atoms with Gasteiger partial charge >= 0.3 is 6.18 Å². The summed E-state index contributed by atoms with van der Waals surface area (Å²) in [4.78, 5) is 11.8. The van der Waals surface area contributed by atoms with Crippen molar-refractivity contribution in [3.05, 3.63) is 59.4 Å². The van der Waals surface area contributed by atoms with Gasteiger partial charge in [0.1, 0.15) is 6.10 Å². The number of aryl methyl sites for hydroxylation is 2. The largest absolute Gasteiger partial charge is 0.416 e. The van der Waals surface area contributed by atoms with E-state index in [1.807, 2.05) is 0 Å². The topological polar surface area (TPSA) is 54.3 Å². The molecule has 0 saturated heterocycles. The molecule has 1 heterocycles. The number of benzene rings is 1. The van der Waals surface area contributed by atoms with Crippen molar-refractivity contribution in [2.24, 2.45) is 7.05 Å². The van der Waals surface area contributed by atoms with Crippen molar-refractivity contribution in [2.75, 3.05) is 6.54 Å². The first-order valence-electron chi connectivity index (χ1n) is 7.49. The van der Waals surface area contributed by atoms with E-state index in [1.165, 1.54) is 12.1 Å². The number of aromatic nitrogens is 1. The van der Waals surface area contributed by atoms with E-state index in [1.54, 1.807) is 29.9 Å². The minimum atomic E-state index is -4.36. The summed E-state index contributed by atoms with van der Waals surface area (Å²) in [5.74, 6) is -0.261. The summed E-state index contributed by atoms with van der Waals surface area (Å²) in [6.45, 7) is 0.0870. The molecule has 1 aromatic heterocycles. The first-order chi connectivity index (χ1) is 11.3. The number of nitrogens with one attached hydrogen (secondary N) is 1. The number of halogens is 3. The molecule has 0 aliphatic rings. The second-order valence-electron chi connectivity index (χ2n) is 5.56. The van der Waals surface area contributed by atoms with Crippen LogP contribution in [-0.4, -0.2) is 22.1 Å². The highest BCUT2D eigenvalue weighted by molar-refractivity contribution is 5.76. The minimum absolute atomic E-state index is 0.0870. The maximum absolute atomic E-state index is 12.5. The van der Waals surface area contributed by atoms with Crippen molar-refractivity contribution in [3.8, 4) is 0 Å². The monoisotopic (exact) mass is 340 g/mol. The Labute approximate surface area is 137 Å². The normalized spacial score (nSPS) is 12.9. The van der Waals surface area contributed by atoms with Crippen molar-refractivity contribution in [2.45, 2.75) is 25.1 Å². The quantitative estimate of drug-likeness (QED) is 0.850. The zero-order valence-corrected chi connectivity index (χ0v) is 13.2. The molecule has 2 rings (SSSR count). The minimum Gasteiger partial charge on any atom is -0.385 e. The SMILES string of the molecule is Cn1cccc1[C@@H](O)CNC(=O)CCc1ccc(C(F)(F)F)cc1. The van der Waals surface area contributed by atoms with Gasteiger partial charge in [-0.05, 0) is 36.2 Å². The van der Waals surface area contributed by atoms with E-state index in [2.05, 4.69) is 5.32 Å².